The first kappa shape index (κ1) is 15.6. The predicted octanol–water partition coefficient (Wildman–Crippen LogP) is 3.05. The number of anilines is 1. The average Bonchev–Trinajstić information content (AvgIpc) is 2.86. The number of ether oxygens (including phenoxy) is 1. The van der Waals surface area contributed by atoms with E-state index in [0.717, 1.165) is 23.7 Å². The Kier molecular flexibility index (Phi) is 5.41. The van der Waals surface area contributed by atoms with Crippen LogP contribution in [0.1, 0.15) is 12.6 Å². The van der Waals surface area contributed by atoms with Crippen LogP contribution in [0.25, 0.3) is 0 Å². The van der Waals surface area contributed by atoms with Crippen LogP contribution < -0.4 is 15.4 Å². The highest BCUT2D eigenvalue weighted by atomic mass is 35.5. The lowest BCUT2D eigenvalue weighted by molar-refractivity contribution is 0.417. The molecular weight excluding hydrogens is 308 g/mol. The molecule has 7 heteroatoms. The Balaban J connectivity index is 1.97. The number of para-hydroxylation sites is 2. The number of hydrogen-bond acceptors (Lipinski definition) is 3. The van der Waals surface area contributed by atoms with E-state index < -0.39 is 0 Å². The molecular formula is C14H17ClN4OS. The van der Waals surface area contributed by atoms with Gasteiger partial charge in [0, 0.05) is 6.54 Å². The molecule has 112 valence electrons. The van der Waals surface area contributed by atoms with Crippen LogP contribution in [0.2, 0.25) is 5.02 Å². The summed E-state index contributed by atoms with van der Waals surface area (Å²) in [6, 6.07) is 7.58. The second kappa shape index (κ2) is 7.28. The SMILES string of the molecule is CCn1ncc(Cl)c1CNC(=S)Nc1ccccc1OC. The molecule has 0 aliphatic rings. The maximum atomic E-state index is 6.11. The van der Waals surface area contributed by atoms with Crippen molar-refractivity contribution in [2.75, 3.05) is 12.4 Å². The molecule has 0 spiro atoms. The first-order valence-electron chi connectivity index (χ1n) is 6.53. The predicted molar refractivity (Wildman–Crippen MR) is 89.0 cm³/mol. The van der Waals surface area contributed by atoms with Crippen molar-refractivity contribution in [1.29, 1.82) is 0 Å². The number of thiocarbonyl (C=S) groups is 1. The minimum atomic E-state index is 0.499. The van der Waals surface area contributed by atoms with Crippen molar-refractivity contribution >= 4 is 34.6 Å². The quantitative estimate of drug-likeness (QED) is 0.828. The van der Waals surface area contributed by atoms with E-state index in [1.54, 1.807) is 13.3 Å². The van der Waals surface area contributed by atoms with Gasteiger partial charge in [0.1, 0.15) is 5.75 Å². The summed E-state index contributed by atoms with van der Waals surface area (Å²) in [4.78, 5) is 0. The molecule has 0 aliphatic carbocycles. The zero-order valence-electron chi connectivity index (χ0n) is 11.9. The summed E-state index contributed by atoms with van der Waals surface area (Å²) in [7, 11) is 1.62. The molecule has 5 nitrogen and oxygen atoms in total. The smallest absolute Gasteiger partial charge is 0.171 e. The van der Waals surface area contributed by atoms with Gasteiger partial charge in [-0.1, -0.05) is 23.7 Å². The van der Waals surface area contributed by atoms with Gasteiger partial charge >= 0.3 is 0 Å². The van der Waals surface area contributed by atoms with E-state index >= 15 is 0 Å². The van der Waals surface area contributed by atoms with Crippen LogP contribution in [-0.2, 0) is 13.1 Å². The molecule has 0 bridgehead atoms. The minimum Gasteiger partial charge on any atom is -0.495 e. The Morgan fingerprint density at radius 2 is 2.19 bits per heavy atom. The normalized spacial score (nSPS) is 10.2. The van der Waals surface area contributed by atoms with Crippen molar-refractivity contribution in [1.82, 2.24) is 15.1 Å². The van der Waals surface area contributed by atoms with Crippen LogP contribution >= 0.6 is 23.8 Å². The Labute approximate surface area is 134 Å². The molecule has 0 saturated heterocycles. The topological polar surface area (TPSA) is 51.1 Å². The highest BCUT2D eigenvalue weighted by Gasteiger charge is 2.09. The molecule has 0 radical (unpaired) electrons. The zero-order chi connectivity index (χ0) is 15.2. The first-order chi connectivity index (χ1) is 10.2. The molecule has 2 N–H and O–H groups in total. The van der Waals surface area contributed by atoms with Gasteiger partial charge in [-0.2, -0.15) is 5.10 Å². The van der Waals surface area contributed by atoms with Gasteiger partial charge < -0.3 is 15.4 Å². The molecule has 0 saturated carbocycles. The Morgan fingerprint density at radius 1 is 1.43 bits per heavy atom. The van der Waals surface area contributed by atoms with Crippen LogP contribution in [0.3, 0.4) is 0 Å². The molecule has 0 amide bonds. The molecule has 2 aromatic rings. The van der Waals surface area contributed by atoms with Crippen LogP contribution in [0.15, 0.2) is 30.5 Å². The second-order valence-corrected chi connectivity index (χ2v) is 5.08. The summed E-state index contributed by atoms with van der Waals surface area (Å²) in [6.07, 6.45) is 1.64. The number of methoxy groups -OCH3 is 1. The van der Waals surface area contributed by atoms with E-state index in [9.17, 15) is 0 Å². The third-order valence-electron chi connectivity index (χ3n) is 2.97. The minimum absolute atomic E-state index is 0.499. The molecule has 21 heavy (non-hydrogen) atoms. The summed E-state index contributed by atoms with van der Waals surface area (Å²) in [5.41, 5.74) is 1.72. The highest BCUT2D eigenvalue weighted by Crippen LogP contribution is 2.22. The van der Waals surface area contributed by atoms with E-state index in [0.29, 0.717) is 16.7 Å². The number of aromatic nitrogens is 2. The fourth-order valence-corrected chi connectivity index (χ4v) is 2.30. The van der Waals surface area contributed by atoms with E-state index in [1.165, 1.54) is 0 Å². The highest BCUT2D eigenvalue weighted by molar-refractivity contribution is 7.80. The monoisotopic (exact) mass is 324 g/mol. The van der Waals surface area contributed by atoms with Gasteiger partial charge in [0.15, 0.2) is 5.11 Å². The molecule has 1 aromatic carbocycles. The second-order valence-electron chi connectivity index (χ2n) is 4.26. The number of benzene rings is 1. The zero-order valence-corrected chi connectivity index (χ0v) is 13.5. The van der Waals surface area contributed by atoms with E-state index in [2.05, 4.69) is 15.7 Å². The Hall–Kier alpha value is -1.79. The van der Waals surface area contributed by atoms with Crippen molar-refractivity contribution in [3.63, 3.8) is 0 Å². The first-order valence-corrected chi connectivity index (χ1v) is 7.32. The van der Waals surface area contributed by atoms with E-state index in [4.69, 9.17) is 28.6 Å². The van der Waals surface area contributed by atoms with Gasteiger partial charge in [0.25, 0.3) is 0 Å². The lowest BCUT2D eigenvalue weighted by Crippen LogP contribution is -2.29. The Bertz CT molecular complexity index is 629. The van der Waals surface area contributed by atoms with Crippen LogP contribution in [0, 0.1) is 0 Å². The van der Waals surface area contributed by atoms with Gasteiger partial charge in [-0.15, -0.1) is 0 Å². The fraction of sp³-hybridized carbons (Fsp3) is 0.286. The standard InChI is InChI=1S/C14H17ClN4OS/c1-3-19-12(10(15)8-17-19)9-16-14(21)18-11-6-4-5-7-13(11)20-2/h4-8H,3,9H2,1-2H3,(H2,16,18,21). The average molecular weight is 325 g/mol. The number of aryl methyl sites for hydroxylation is 1. The summed E-state index contributed by atoms with van der Waals surface area (Å²) in [6.45, 7) is 3.28. The van der Waals surface area contributed by atoms with Gasteiger partial charge in [-0.25, -0.2) is 0 Å². The van der Waals surface area contributed by atoms with Crippen molar-refractivity contribution < 1.29 is 4.74 Å². The fourth-order valence-electron chi connectivity index (χ4n) is 1.91. The third-order valence-corrected chi connectivity index (χ3v) is 3.53. The van der Waals surface area contributed by atoms with Gasteiger partial charge in [0.05, 0.1) is 36.3 Å². The summed E-state index contributed by atoms with van der Waals surface area (Å²) in [5.74, 6) is 0.735. The van der Waals surface area contributed by atoms with Crippen LogP contribution in [0.4, 0.5) is 5.69 Å². The number of nitrogens with one attached hydrogen (secondary N) is 2. The maximum absolute atomic E-state index is 6.11. The summed E-state index contributed by atoms with van der Waals surface area (Å²) >= 11 is 11.4. The Morgan fingerprint density at radius 3 is 2.90 bits per heavy atom. The molecule has 1 aromatic heterocycles. The molecule has 0 atom stereocenters. The van der Waals surface area contributed by atoms with Crippen LogP contribution in [0.5, 0.6) is 5.75 Å². The summed E-state index contributed by atoms with van der Waals surface area (Å²) in [5, 5.41) is 11.5. The molecule has 0 unspecified atom stereocenters. The number of halogens is 1. The third kappa shape index (κ3) is 3.86. The van der Waals surface area contributed by atoms with E-state index in [1.807, 2.05) is 35.9 Å². The van der Waals surface area contributed by atoms with E-state index in [-0.39, 0.29) is 0 Å². The van der Waals surface area contributed by atoms with Crippen molar-refractivity contribution in [2.24, 2.45) is 0 Å². The maximum Gasteiger partial charge on any atom is 0.171 e. The number of rotatable bonds is 5. The molecule has 2 rings (SSSR count). The molecule has 1 heterocycles. The van der Waals surface area contributed by atoms with Gasteiger partial charge in [0.2, 0.25) is 0 Å². The van der Waals surface area contributed by atoms with Gasteiger partial charge in [-0.3, -0.25) is 4.68 Å². The lowest BCUT2D eigenvalue weighted by atomic mass is 10.3. The van der Waals surface area contributed by atoms with Crippen molar-refractivity contribution in [3.8, 4) is 5.75 Å². The molecule has 0 fully saturated rings. The molecule has 0 aliphatic heterocycles. The summed E-state index contributed by atoms with van der Waals surface area (Å²) < 4.78 is 7.10. The van der Waals surface area contributed by atoms with Crippen molar-refractivity contribution in [3.05, 3.63) is 41.2 Å². The van der Waals surface area contributed by atoms with Crippen molar-refractivity contribution in [2.45, 2.75) is 20.0 Å². The number of hydrogen-bond donors (Lipinski definition) is 2. The number of nitrogens with zero attached hydrogens (tertiary/aromatic N) is 2. The largest absolute Gasteiger partial charge is 0.495 e. The van der Waals surface area contributed by atoms with Crippen LogP contribution in [-0.4, -0.2) is 22.0 Å². The lowest BCUT2D eigenvalue weighted by Gasteiger charge is -2.13. The van der Waals surface area contributed by atoms with Gasteiger partial charge in [-0.05, 0) is 31.3 Å².